The summed E-state index contributed by atoms with van der Waals surface area (Å²) in [5.41, 5.74) is 3.50. The Bertz CT molecular complexity index is 808. The van der Waals surface area contributed by atoms with E-state index < -0.39 is 0 Å². The quantitative estimate of drug-likeness (QED) is 0.390. The second-order valence-corrected chi connectivity index (χ2v) is 7.13. The smallest absolute Gasteiger partial charge is 0.222 e. The van der Waals surface area contributed by atoms with Gasteiger partial charge < -0.3 is 20.3 Å². The van der Waals surface area contributed by atoms with Crippen LogP contribution in [0, 0.1) is 0 Å². The van der Waals surface area contributed by atoms with Gasteiger partial charge in [-0.25, -0.2) is 0 Å². The number of hydrogen-bond donors (Lipinski definition) is 2. The van der Waals surface area contributed by atoms with Gasteiger partial charge >= 0.3 is 0 Å². The standard InChI is InChI=1S/C23H30N4O2/c1-24-23(25-12-14-29-18-19-7-3-2-4-8-19)26-16-20-9-5-10-21(15-20)17-27-13-6-11-22(27)28/h2-5,7-10,15H,6,11-14,16-18H2,1H3,(H2,24,25,26). The molecule has 3 rings (SSSR count). The van der Waals surface area contributed by atoms with Crippen LogP contribution in [0.5, 0.6) is 0 Å². The van der Waals surface area contributed by atoms with Gasteiger partial charge in [-0.05, 0) is 23.1 Å². The van der Waals surface area contributed by atoms with Gasteiger partial charge in [-0.2, -0.15) is 0 Å². The van der Waals surface area contributed by atoms with Crippen molar-refractivity contribution in [3.05, 3.63) is 71.3 Å². The number of rotatable bonds is 9. The van der Waals surface area contributed by atoms with Gasteiger partial charge in [0.1, 0.15) is 0 Å². The van der Waals surface area contributed by atoms with Gasteiger partial charge in [0.25, 0.3) is 0 Å². The Morgan fingerprint density at radius 1 is 1.07 bits per heavy atom. The number of guanidine groups is 1. The molecule has 6 nitrogen and oxygen atoms in total. The molecule has 1 saturated heterocycles. The third-order valence-electron chi connectivity index (χ3n) is 4.87. The van der Waals surface area contributed by atoms with E-state index in [1.807, 2.05) is 29.2 Å². The van der Waals surface area contributed by atoms with Crippen molar-refractivity contribution in [1.29, 1.82) is 0 Å². The van der Waals surface area contributed by atoms with E-state index in [1.165, 1.54) is 5.56 Å². The molecule has 1 aliphatic heterocycles. The summed E-state index contributed by atoms with van der Waals surface area (Å²) in [5.74, 6) is 1.00. The summed E-state index contributed by atoms with van der Waals surface area (Å²) in [4.78, 5) is 18.0. The lowest BCUT2D eigenvalue weighted by atomic mass is 10.1. The van der Waals surface area contributed by atoms with E-state index in [0.717, 1.165) is 30.1 Å². The summed E-state index contributed by atoms with van der Waals surface area (Å²) in [7, 11) is 1.76. The van der Waals surface area contributed by atoms with Gasteiger partial charge in [0.15, 0.2) is 5.96 Å². The van der Waals surface area contributed by atoms with Gasteiger partial charge in [0.2, 0.25) is 5.91 Å². The lowest BCUT2D eigenvalue weighted by Crippen LogP contribution is -2.38. The Morgan fingerprint density at radius 2 is 1.86 bits per heavy atom. The lowest BCUT2D eigenvalue weighted by Gasteiger charge is -2.16. The minimum atomic E-state index is 0.257. The number of carbonyl (C=O) groups is 1. The van der Waals surface area contributed by atoms with Gasteiger partial charge in [-0.15, -0.1) is 0 Å². The second-order valence-electron chi connectivity index (χ2n) is 7.13. The fraction of sp³-hybridized carbons (Fsp3) is 0.391. The molecule has 2 aromatic carbocycles. The number of hydrogen-bond acceptors (Lipinski definition) is 3. The number of carbonyl (C=O) groups excluding carboxylic acids is 1. The first kappa shape index (κ1) is 20.9. The molecule has 0 spiro atoms. The van der Waals surface area contributed by atoms with Crippen LogP contribution >= 0.6 is 0 Å². The monoisotopic (exact) mass is 394 g/mol. The van der Waals surface area contributed by atoms with Gasteiger partial charge in [0, 0.05) is 39.6 Å². The molecule has 0 saturated carbocycles. The summed E-state index contributed by atoms with van der Waals surface area (Å²) in [6, 6.07) is 18.5. The fourth-order valence-corrected chi connectivity index (χ4v) is 3.34. The van der Waals surface area contributed by atoms with Crippen molar-refractivity contribution < 1.29 is 9.53 Å². The van der Waals surface area contributed by atoms with E-state index >= 15 is 0 Å². The van der Waals surface area contributed by atoms with Crippen molar-refractivity contribution in [2.45, 2.75) is 32.5 Å². The largest absolute Gasteiger partial charge is 0.375 e. The molecule has 0 aliphatic carbocycles. The van der Waals surface area contributed by atoms with E-state index in [-0.39, 0.29) is 5.91 Å². The van der Waals surface area contributed by atoms with Crippen LogP contribution in [0.3, 0.4) is 0 Å². The molecule has 1 aliphatic rings. The van der Waals surface area contributed by atoms with Crippen LogP contribution < -0.4 is 10.6 Å². The van der Waals surface area contributed by atoms with Crippen LogP contribution in [0.25, 0.3) is 0 Å². The van der Waals surface area contributed by atoms with Crippen molar-refractivity contribution in [3.63, 3.8) is 0 Å². The molecule has 0 atom stereocenters. The molecule has 2 aromatic rings. The first-order valence-corrected chi connectivity index (χ1v) is 10.2. The average molecular weight is 395 g/mol. The van der Waals surface area contributed by atoms with Crippen LogP contribution in [0.2, 0.25) is 0 Å². The zero-order valence-corrected chi connectivity index (χ0v) is 17.1. The molecule has 0 aromatic heterocycles. The third kappa shape index (κ3) is 6.91. The first-order chi connectivity index (χ1) is 14.2. The summed E-state index contributed by atoms with van der Waals surface area (Å²) in [6.45, 7) is 4.13. The van der Waals surface area contributed by atoms with Crippen LogP contribution in [-0.4, -0.2) is 43.5 Å². The first-order valence-electron chi connectivity index (χ1n) is 10.2. The molecule has 1 heterocycles. The summed E-state index contributed by atoms with van der Waals surface area (Å²) >= 11 is 0. The third-order valence-corrected chi connectivity index (χ3v) is 4.87. The van der Waals surface area contributed by atoms with Crippen LogP contribution in [0.4, 0.5) is 0 Å². The predicted octanol–water partition coefficient (Wildman–Crippen LogP) is 2.69. The van der Waals surface area contributed by atoms with Crippen LogP contribution in [0.15, 0.2) is 59.6 Å². The summed E-state index contributed by atoms with van der Waals surface area (Å²) < 4.78 is 5.69. The number of nitrogens with one attached hydrogen (secondary N) is 2. The Balaban J connectivity index is 1.37. The topological polar surface area (TPSA) is 66.0 Å². The Morgan fingerprint density at radius 3 is 2.62 bits per heavy atom. The molecule has 6 heteroatoms. The van der Waals surface area contributed by atoms with E-state index in [1.54, 1.807) is 7.05 Å². The van der Waals surface area contributed by atoms with Crippen molar-refractivity contribution in [2.24, 2.45) is 4.99 Å². The lowest BCUT2D eigenvalue weighted by molar-refractivity contribution is -0.128. The Kier molecular flexibility index (Phi) is 8.07. The second kappa shape index (κ2) is 11.2. The van der Waals surface area contributed by atoms with E-state index in [9.17, 15) is 4.79 Å². The summed E-state index contributed by atoms with van der Waals surface area (Å²) in [6.07, 6.45) is 1.65. The number of benzene rings is 2. The molecule has 1 amide bonds. The molecule has 0 unspecified atom stereocenters. The molecule has 2 N–H and O–H groups in total. The zero-order chi connectivity index (χ0) is 20.3. The molecule has 0 bridgehead atoms. The van der Waals surface area contributed by atoms with E-state index in [4.69, 9.17) is 4.74 Å². The number of likely N-dealkylation sites (tertiary alicyclic amines) is 1. The van der Waals surface area contributed by atoms with Gasteiger partial charge in [-0.3, -0.25) is 9.79 Å². The summed E-state index contributed by atoms with van der Waals surface area (Å²) in [5, 5.41) is 6.59. The highest BCUT2D eigenvalue weighted by Gasteiger charge is 2.19. The average Bonchev–Trinajstić information content (AvgIpc) is 3.15. The van der Waals surface area contributed by atoms with Crippen molar-refractivity contribution in [3.8, 4) is 0 Å². The highest BCUT2D eigenvalue weighted by atomic mass is 16.5. The van der Waals surface area contributed by atoms with Crippen molar-refractivity contribution in [2.75, 3.05) is 26.7 Å². The highest BCUT2D eigenvalue weighted by molar-refractivity contribution is 5.79. The Labute approximate surface area is 173 Å². The fourth-order valence-electron chi connectivity index (χ4n) is 3.34. The number of amides is 1. The zero-order valence-electron chi connectivity index (χ0n) is 17.1. The maximum atomic E-state index is 11.8. The normalized spacial score (nSPS) is 14.3. The van der Waals surface area contributed by atoms with Crippen LogP contribution in [0.1, 0.15) is 29.5 Å². The SMILES string of the molecule is CN=C(NCCOCc1ccccc1)NCc1cccc(CN2CCCC2=O)c1. The minimum absolute atomic E-state index is 0.257. The number of aliphatic imine (C=N–C) groups is 1. The maximum Gasteiger partial charge on any atom is 0.222 e. The minimum Gasteiger partial charge on any atom is -0.375 e. The maximum absolute atomic E-state index is 11.8. The van der Waals surface area contributed by atoms with Crippen molar-refractivity contribution >= 4 is 11.9 Å². The molecule has 154 valence electrons. The van der Waals surface area contributed by atoms with Crippen molar-refractivity contribution in [1.82, 2.24) is 15.5 Å². The predicted molar refractivity (Wildman–Crippen MR) is 115 cm³/mol. The molecule has 1 fully saturated rings. The van der Waals surface area contributed by atoms with Crippen LogP contribution in [-0.2, 0) is 29.2 Å². The molecular formula is C23H30N4O2. The number of ether oxygens (including phenoxy) is 1. The van der Waals surface area contributed by atoms with E-state index in [0.29, 0.717) is 39.3 Å². The number of nitrogens with zero attached hydrogens (tertiary/aromatic N) is 2. The van der Waals surface area contributed by atoms with E-state index in [2.05, 4.69) is 46.0 Å². The molecular weight excluding hydrogens is 364 g/mol. The van der Waals surface area contributed by atoms with Gasteiger partial charge in [0.05, 0.1) is 13.2 Å². The molecule has 29 heavy (non-hydrogen) atoms. The Hall–Kier alpha value is -2.86. The van der Waals surface area contributed by atoms with Gasteiger partial charge in [-0.1, -0.05) is 54.6 Å². The highest BCUT2D eigenvalue weighted by Crippen LogP contribution is 2.15. The molecule has 0 radical (unpaired) electrons.